The summed E-state index contributed by atoms with van der Waals surface area (Å²) in [6, 6.07) is 5.56. The molecule has 0 aromatic heterocycles. The van der Waals surface area contributed by atoms with Crippen molar-refractivity contribution in [1.82, 2.24) is 0 Å². The molecule has 0 saturated heterocycles. The minimum Gasteiger partial charge on any atom is -0.490 e. The summed E-state index contributed by atoms with van der Waals surface area (Å²) < 4.78 is 6.05. The predicted molar refractivity (Wildman–Crippen MR) is 74.0 cm³/mol. The lowest BCUT2D eigenvalue weighted by Gasteiger charge is -2.29. The van der Waals surface area contributed by atoms with E-state index in [1.54, 1.807) is 6.07 Å². The molecule has 1 aromatic carbocycles. The molecule has 3 heteroatoms. The molecule has 1 N–H and O–H groups in total. The molecule has 1 fully saturated rings. The lowest BCUT2D eigenvalue weighted by atomic mass is 9.85. The highest BCUT2D eigenvalue weighted by Crippen LogP contribution is 2.32. The largest absolute Gasteiger partial charge is 0.490 e. The average Bonchev–Trinajstić information content (AvgIpc) is 2.39. The van der Waals surface area contributed by atoms with Crippen LogP contribution in [-0.4, -0.2) is 11.2 Å². The molecule has 100 valence electrons. The van der Waals surface area contributed by atoms with E-state index in [1.165, 1.54) is 19.3 Å². The molecule has 0 heterocycles. The molecule has 2 atom stereocenters. The van der Waals surface area contributed by atoms with Gasteiger partial charge in [-0.2, -0.15) is 0 Å². The third-order valence-corrected chi connectivity index (χ3v) is 4.19. The monoisotopic (exact) mass is 268 g/mol. The number of benzene rings is 1. The molecule has 1 saturated carbocycles. The van der Waals surface area contributed by atoms with E-state index < -0.39 is 0 Å². The number of aliphatic hydroxyl groups excluding tert-OH is 1. The van der Waals surface area contributed by atoms with Crippen LogP contribution in [0.15, 0.2) is 18.2 Å². The van der Waals surface area contributed by atoms with Gasteiger partial charge >= 0.3 is 0 Å². The molecule has 0 radical (unpaired) electrons. The van der Waals surface area contributed by atoms with Crippen LogP contribution in [0.2, 0.25) is 5.02 Å². The third-order valence-electron chi connectivity index (χ3n) is 3.84. The molecular weight excluding hydrogens is 248 g/mol. The highest BCUT2D eigenvalue weighted by molar-refractivity contribution is 6.31. The van der Waals surface area contributed by atoms with Crippen molar-refractivity contribution in [2.45, 2.75) is 51.7 Å². The summed E-state index contributed by atoms with van der Waals surface area (Å²) in [6.07, 6.45) is 6.27. The Morgan fingerprint density at radius 2 is 2.22 bits per heavy atom. The fraction of sp³-hybridized carbons (Fsp3) is 0.600. The maximum Gasteiger partial charge on any atom is 0.126 e. The van der Waals surface area contributed by atoms with Crippen molar-refractivity contribution < 1.29 is 9.84 Å². The molecule has 0 amide bonds. The third kappa shape index (κ3) is 3.18. The van der Waals surface area contributed by atoms with Gasteiger partial charge in [-0.05, 0) is 37.3 Å². The molecule has 1 aromatic rings. The van der Waals surface area contributed by atoms with Crippen LogP contribution in [0.25, 0.3) is 0 Å². The van der Waals surface area contributed by atoms with Gasteiger partial charge in [0.1, 0.15) is 5.75 Å². The zero-order valence-corrected chi connectivity index (χ0v) is 11.6. The van der Waals surface area contributed by atoms with Crippen LogP contribution in [0.3, 0.4) is 0 Å². The minimum atomic E-state index is -0.0705. The molecule has 2 rings (SSSR count). The van der Waals surface area contributed by atoms with Crippen molar-refractivity contribution in [2.75, 3.05) is 0 Å². The van der Waals surface area contributed by atoms with Gasteiger partial charge in [0.05, 0.1) is 12.7 Å². The maximum absolute atomic E-state index is 9.36. The van der Waals surface area contributed by atoms with E-state index in [0.29, 0.717) is 10.6 Å². The van der Waals surface area contributed by atoms with Gasteiger partial charge in [0.2, 0.25) is 0 Å². The molecule has 0 aliphatic heterocycles. The van der Waals surface area contributed by atoms with E-state index in [-0.39, 0.29) is 12.7 Å². The molecule has 0 bridgehead atoms. The van der Waals surface area contributed by atoms with Crippen LogP contribution in [0.1, 0.15) is 44.6 Å². The molecular formula is C15H21ClO2. The van der Waals surface area contributed by atoms with E-state index in [2.05, 4.69) is 6.92 Å². The number of rotatable bonds is 4. The number of halogens is 1. The van der Waals surface area contributed by atoms with Gasteiger partial charge in [-0.25, -0.2) is 0 Å². The van der Waals surface area contributed by atoms with Crippen molar-refractivity contribution in [1.29, 1.82) is 0 Å². The van der Waals surface area contributed by atoms with Crippen LogP contribution in [0, 0.1) is 5.92 Å². The summed E-state index contributed by atoms with van der Waals surface area (Å²) in [6.45, 7) is 2.17. The van der Waals surface area contributed by atoms with Gasteiger partial charge in [0.25, 0.3) is 0 Å². The van der Waals surface area contributed by atoms with E-state index in [9.17, 15) is 5.11 Å². The molecule has 1 aliphatic carbocycles. The molecule has 2 nitrogen and oxygen atoms in total. The predicted octanol–water partition coefficient (Wildman–Crippen LogP) is 4.18. The van der Waals surface area contributed by atoms with Crippen molar-refractivity contribution in [3.05, 3.63) is 28.8 Å². The summed E-state index contributed by atoms with van der Waals surface area (Å²) in [5, 5.41) is 9.94. The number of aliphatic hydroxyl groups is 1. The highest BCUT2D eigenvalue weighted by atomic mass is 35.5. The Labute approximate surface area is 114 Å². The van der Waals surface area contributed by atoms with Crippen molar-refractivity contribution in [3.8, 4) is 5.75 Å². The first-order chi connectivity index (χ1) is 8.74. The van der Waals surface area contributed by atoms with E-state index >= 15 is 0 Å². The summed E-state index contributed by atoms with van der Waals surface area (Å²) in [7, 11) is 0. The van der Waals surface area contributed by atoms with Gasteiger partial charge in [-0.15, -0.1) is 0 Å². The van der Waals surface area contributed by atoms with Crippen LogP contribution in [-0.2, 0) is 6.61 Å². The summed E-state index contributed by atoms with van der Waals surface area (Å²) >= 11 is 6.06. The lowest BCUT2D eigenvalue weighted by Crippen LogP contribution is -2.25. The maximum atomic E-state index is 9.36. The SMILES string of the molecule is CCC1CCCC(Oc2cccc(Cl)c2CO)C1. The first-order valence-corrected chi connectivity index (χ1v) is 7.17. The zero-order chi connectivity index (χ0) is 13.0. The van der Waals surface area contributed by atoms with Crippen molar-refractivity contribution in [3.63, 3.8) is 0 Å². The highest BCUT2D eigenvalue weighted by Gasteiger charge is 2.23. The van der Waals surface area contributed by atoms with Crippen LogP contribution < -0.4 is 4.74 Å². The Morgan fingerprint density at radius 1 is 1.39 bits per heavy atom. The Kier molecular flexibility index (Phi) is 4.90. The Hall–Kier alpha value is -0.730. The van der Waals surface area contributed by atoms with E-state index in [0.717, 1.165) is 24.5 Å². The minimum absolute atomic E-state index is 0.0705. The average molecular weight is 269 g/mol. The Bertz CT molecular complexity index is 392. The van der Waals surface area contributed by atoms with Gasteiger partial charge in [-0.1, -0.05) is 37.4 Å². The first-order valence-electron chi connectivity index (χ1n) is 6.79. The van der Waals surface area contributed by atoms with Crippen molar-refractivity contribution >= 4 is 11.6 Å². The molecule has 2 unspecified atom stereocenters. The Balaban J connectivity index is 2.07. The van der Waals surface area contributed by atoms with Gasteiger partial charge < -0.3 is 9.84 Å². The van der Waals surface area contributed by atoms with Gasteiger partial charge in [0, 0.05) is 10.6 Å². The van der Waals surface area contributed by atoms with Crippen LogP contribution >= 0.6 is 11.6 Å². The number of hydrogen-bond acceptors (Lipinski definition) is 2. The second-order valence-electron chi connectivity index (χ2n) is 5.06. The number of ether oxygens (including phenoxy) is 1. The molecule has 1 aliphatic rings. The smallest absolute Gasteiger partial charge is 0.126 e. The summed E-state index contributed by atoms with van der Waals surface area (Å²) in [5.74, 6) is 1.52. The molecule has 0 spiro atoms. The normalized spacial score (nSPS) is 23.9. The van der Waals surface area contributed by atoms with Gasteiger partial charge in [0.15, 0.2) is 0 Å². The standard InChI is InChI=1S/C15H21ClO2/c1-2-11-5-3-6-12(9-11)18-15-8-4-7-14(16)13(15)10-17/h4,7-8,11-12,17H,2-3,5-6,9-10H2,1H3. The summed E-state index contributed by atoms with van der Waals surface area (Å²) in [5.41, 5.74) is 0.706. The molecule has 18 heavy (non-hydrogen) atoms. The van der Waals surface area contributed by atoms with Crippen LogP contribution in [0.4, 0.5) is 0 Å². The van der Waals surface area contributed by atoms with E-state index in [4.69, 9.17) is 16.3 Å². The first kappa shape index (κ1) is 13.7. The Morgan fingerprint density at radius 3 is 2.94 bits per heavy atom. The quantitative estimate of drug-likeness (QED) is 0.888. The number of hydrogen-bond donors (Lipinski definition) is 1. The fourth-order valence-corrected chi connectivity index (χ4v) is 2.93. The zero-order valence-electron chi connectivity index (χ0n) is 10.9. The lowest BCUT2D eigenvalue weighted by molar-refractivity contribution is 0.119. The second-order valence-corrected chi connectivity index (χ2v) is 5.46. The van der Waals surface area contributed by atoms with Crippen LogP contribution in [0.5, 0.6) is 5.75 Å². The van der Waals surface area contributed by atoms with Gasteiger partial charge in [-0.3, -0.25) is 0 Å². The van der Waals surface area contributed by atoms with Crippen molar-refractivity contribution in [2.24, 2.45) is 5.92 Å². The fourth-order valence-electron chi connectivity index (χ4n) is 2.70. The van der Waals surface area contributed by atoms with E-state index in [1.807, 2.05) is 12.1 Å². The summed E-state index contributed by atoms with van der Waals surface area (Å²) in [4.78, 5) is 0. The second kappa shape index (κ2) is 6.44. The topological polar surface area (TPSA) is 29.5 Å².